The number of aliphatic hydroxyl groups excluding tert-OH is 1. The summed E-state index contributed by atoms with van der Waals surface area (Å²) in [5.74, 6) is -0.599. The Balaban J connectivity index is 2.24. The number of rotatable bonds is 6. The molecule has 1 aromatic carbocycles. The second-order valence-corrected chi connectivity index (χ2v) is 5.81. The lowest BCUT2D eigenvalue weighted by Crippen LogP contribution is -2.08. The van der Waals surface area contributed by atoms with E-state index in [4.69, 9.17) is 5.11 Å². The number of carboxylic acid groups (broad SMARTS) is 1. The van der Waals surface area contributed by atoms with Gasteiger partial charge in [-0.2, -0.15) is 0 Å². The van der Waals surface area contributed by atoms with Crippen LogP contribution in [-0.2, 0) is 17.9 Å². The van der Waals surface area contributed by atoms with Crippen molar-refractivity contribution < 1.29 is 15.0 Å². The third-order valence-electron chi connectivity index (χ3n) is 2.49. The second kappa shape index (κ2) is 6.87. The molecule has 0 aliphatic carbocycles. The van der Waals surface area contributed by atoms with E-state index in [0.717, 1.165) is 21.8 Å². The minimum Gasteiger partial charge on any atom is -0.481 e. The Labute approximate surface area is 128 Å². The minimum atomic E-state index is -0.919. The van der Waals surface area contributed by atoms with Crippen LogP contribution in [0, 0.1) is 0 Å². The van der Waals surface area contributed by atoms with Gasteiger partial charge in [0.25, 0.3) is 0 Å². The average molecular weight is 358 g/mol. The highest BCUT2D eigenvalue weighted by Crippen LogP contribution is 2.20. The molecule has 0 unspecified atom stereocenters. The number of carboxylic acids is 1. The summed E-state index contributed by atoms with van der Waals surface area (Å²) < 4.78 is 2.67. The first-order chi connectivity index (χ1) is 9.60. The van der Waals surface area contributed by atoms with Gasteiger partial charge < -0.3 is 10.2 Å². The van der Waals surface area contributed by atoms with Crippen LogP contribution in [0.15, 0.2) is 33.9 Å². The predicted molar refractivity (Wildman–Crippen MR) is 77.5 cm³/mol. The van der Waals surface area contributed by atoms with E-state index < -0.39 is 5.97 Å². The Morgan fingerprint density at radius 1 is 1.40 bits per heavy atom. The van der Waals surface area contributed by atoms with Crippen molar-refractivity contribution in [2.24, 2.45) is 0 Å². The van der Waals surface area contributed by atoms with Crippen molar-refractivity contribution in [1.82, 2.24) is 14.8 Å². The van der Waals surface area contributed by atoms with E-state index in [2.05, 4.69) is 26.1 Å². The predicted octanol–water partition coefficient (Wildman–Crippen LogP) is 1.76. The van der Waals surface area contributed by atoms with Gasteiger partial charge in [0, 0.05) is 4.47 Å². The van der Waals surface area contributed by atoms with Gasteiger partial charge in [-0.15, -0.1) is 10.2 Å². The van der Waals surface area contributed by atoms with E-state index in [1.165, 1.54) is 0 Å². The lowest BCUT2D eigenvalue weighted by Gasteiger charge is -2.09. The normalized spacial score (nSPS) is 10.7. The zero-order valence-electron chi connectivity index (χ0n) is 10.4. The topological polar surface area (TPSA) is 88.2 Å². The molecule has 106 valence electrons. The van der Waals surface area contributed by atoms with Gasteiger partial charge in [0.15, 0.2) is 11.0 Å². The molecule has 20 heavy (non-hydrogen) atoms. The van der Waals surface area contributed by atoms with Gasteiger partial charge in [-0.05, 0) is 17.7 Å². The molecule has 0 bridgehead atoms. The first-order valence-corrected chi connectivity index (χ1v) is 7.50. The zero-order chi connectivity index (χ0) is 14.5. The molecule has 0 aliphatic heterocycles. The van der Waals surface area contributed by atoms with Crippen LogP contribution in [0.4, 0.5) is 0 Å². The molecule has 0 aliphatic rings. The molecule has 0 fully saturated rings. The van der Waals surface area contributed by atoms with Crippen molar-refractivity contribution in [2.45, 2.75) is 18.3 Å². The third kappa shape index (κ3) is 3.81. The summed E-state index contributed by atoms with van der Waals surface area (Å²) in [6.45, 7) is 0.235. The van der Waals surface area contributed by atoms with Crippen molar-refractivity contribution >= 4 is 33.7 Å². The number of aliphatic hydroxyl groups is 1. The number of nitrogens with zero attached hydrogens (tertiary/aromatic N) is 3. The summed E-state index contributed by atoms with van der Waals surface area (Å²) in [6.07, 6.45) is 0. The van der Waals surface area contributed by atoms with Crippen molar-refractivity contribution in [3.8, 4) is 0 Å². The summed E-state index contributed by atoms with van der Waals surface area (Å²) in [6, 6.07) is 7.72. The van der Waals surface area contributed by atoms with Crippen LogP contribution in [-0.4, -0.2) is 36.7 Å². The van der Waals surface area contributed by atoms with E-state index in [-0.39, 0.29) is 12.4 Å². The van der Waals surface area contributed by atoms with E-state index in [1.807, 2.05) is 24.3 Å². The van der Waals surface area contributed by atoms with Crippen LogP contribution >= 0.6 is 27.7 Å². The summed E-state index contributed by atoms with van der Waals surface area (Å²) in [4.78, 5) is 10.6. The Hall–Kier alpha value is -1.38. The first-order valence-electron chi connectivity index (χ1n) is 5.72. The van der Waals surface area contributed by atoms with E-state index in [9.17, 15) is 9.90 Å². The standard InChI is InChI=1S/C12H12BrN3O3S/c13-9-3-1-2-8(4-9)5-16-10(6-17)14-15-12(16)20-7-11(18)19/h1-4,17H,5-7H2,(H,18,19). The quantitative estimate of drug-likeness (QED) is 0.765. The van der Waals surface area contributed by atoms with Gasteiger partial charge in [-0.1, -0.05) is 39.8 Å². The fourth-order valence-electron chi connectivity index (χ4n) is 1.65. The maximum Gasteiger partial charge on any atom is 0.313 e. The van der Waals surface area contributed by atoms with Crippen LogP contribution in [0.25, 0.3) is 0 Å². The monoisotopic (exact) mass is 357 g/mol. The Kier molecular flexibility index (Phi) is 5.16. The Morgan fingerprint density at radius 2 is 2.20 bits per heavy atom. The highest BCUT2D eigenvalue weighted by Gasteiger charge is 2.13. The Bertz CT molecular complexity index is 618. The van der Waals surface area contributed by atoms with Crippen LogP contribution in [0.3, 0.4) is 0 Å². The SMILES string of the molecule is O=C(O)CSc1nnc(CO)n1Cc1cccc(Br)c1. The molecule has 2 aromatic rings. The third-order valence-corrected chi connectivity index (χ3v) is 3.93. The van der Waals surface area contributed by atoms with Gasteiger partial charge in [0.2, 0.25) is 0 Å². The largest absolute Gasteiger partial charge is 0.481 e. The molecule has 0 radical (unpaired) electrons. The maximum absolute atomic E-state index is 10.6. The summed E-state index contributed by atoms with van der Waals surface area (Å²) in [5, 5.41) is 26.3. The lowest BCUT2D eigenvalue weighted by molar-refractivity contribution is -0.133. The smallest absolute Gasteiger partial charge is 0.313 e. The summed E-state index contributed by atoms with van der Waals surface area (Å²) >= 11 is 4.48. The number of carbonyl (C=O) groups is 1. The highest BCUT2D eigenvalue weighted by molar-refractivity contribution is 9.10. The fraction of sp³-hybridized carbons (Fsp3) is 0.250. The number of aliphatic carboxylic acids is 1. The van der Waals surface area contributed by atoms with Gasteiger partial charge in [-0.25, -0.2) is 0 Å². The number of aromatic nitrogens is 3. The fourth-order valence-corrected chi connectivity index (χ4v) is 2.77. The summed E-state index contributed by atoms with van der Waals surface area (Å²) in [7, 11) is 0. The molecule has 1 aromatic heterocycles. The van der Waals surface area contributed by atoms with Crippen molar-refractivity contribution in [3.63, 3.8) is 0 Å². The minimum absolute atomic E-state index is 0.0952. The highest BCUT2D eigenvalue weighted by atomic mass is 79.9. The maximum atomic E-state index is 10.6. The molecule has 1 heterocycles. The number of benzene rings is 1. The first kappa shape index (κ1) is 15.0. The van der Waals surface area contributed by atoms with E-state index in [1.54, 1.807) is 4.57 Å². The molecule has 2 rings (SSSR count). The lowest BCUT2D eigenvalue weighted by atomic mass is 10.2. The van der Waals surface area contributed by atoms with Gasteiger partial charge in [0.05, 0.1) is 12.3 Å². The van der Waals surface area contributed by atoms with Crippen LogP contribution in [0.5, 0.6) is 0 Å². The molecule has 6 nitrogen and oxygen atoms in total. The number of hydrogen-bond acceptors (Lipinski definition) is 5. The van der Waals surface area contributed by atoms with Crippen molar-refractivity contribution in [2.75, 3.05) is 5.75 Å². The number of halogens is 1. The molecule has 0 saturated carbocycles. The van der Waals surface area contributed by atoms with Crippen LogP contribution < -0.4 is 0 Å². The van der Waals surface area contributed by atoms with Crippen LogP contribution in [0.1, 0.15) is 11.4 Å². The molecule has 0 amide bonds. The average Bonchev–Trinajstić information content (AvgIpc) is 2.78. The second-order valence-electron chi connectivity index (χ2n) is 3.96. The van der Waals surface area contributed by atoms with E-state index in [0.29, 0.717) is 17.5 Å². The molecule has 2 N–H and O–H groups in total. The zero-order valence-corrected chi connectivity index (χ0v) is 12.8. The van der Waals surface area contributed by atoms with Crippen molar-refractivity contribution in [1.29, 1.82) is 0 Å². The van der Waals surface area contributed by atoms with E-state index >= 15 is 0 Å². The molecule has 0 atom stereocenters. The number of hydrogen-bond donors (Lipinski definition) is 2. The number of thioether (sulfide) groups is 1. The molecule has 8 heteroatoms. The van der Waals surface area contributed by atoms with Gasteiger partial charge >= 0.3 is 5.97 Å². The Morgan fingerprint density at radius 3 is 2.85 bits per heavy atom. The molecule has 0 spiro atoms. The molecular formula is C12H12BrN3O3S. The molecular weight excluding hydrogens is 346 g/mol. The molecule has 0 saturated heterocycles. The van der Waals surface area contributed by atoms with Gasteiger partial charge in [0.1, 0.15) is 6.61 Å². The van der Waals surface area contributed by atoms with Crippen molar-refractivity contribution in [3.05, 3.63) is 40.1 Å². The van der Waals surface area contributed by atoms with Crippen LogP contribution in [0.2, 0.25) is 0 Å². The summed E-state index contributed by atoms with van der Waals surface area (Å²) in [5.41, 5.74) is 1.01. The van der Waals surface area contributed by atoms with Gasteiger partial charge in [-0.3, -0.25) is 9.36 Å².